The number of ether oxygens (including phenoxy) is 1. The largest absolute Gasteiger partial charge is 0.459 e. The topological polar surface area (TPSA) is 91.4 Å². The van der Waals surface area contributed by atoms with Crippen molar-refractivity contribution in [2.45, 2.75) is 6.23 Å². The van der Waals surface area contributed by atoms with Crippen LogP contribution in [0.15, 0.2) is 54.1 Å². The van der Waals surface area contributed by atoms with Gasteiger partial charge < -0.3 is 25.6 Å². The average molecular weight is 408 g/mol. The fourth-order valence-corrected chi connectivity index (χ4v) is 4.18. The highest BCUT2D eigenvalue weighted by molar-refractivity contribution is 7.16. The van der Waals surface area contributed by atoms with Gasteiger partial charge in [0.25, 0.3) is 5.91 Å². The molecule has 0 spiro atoms. The SMILES string of the molecule is O=C(Nc1cnccc1N1CCNCC1)C1=CNC(c2ccc3scnc3c2)O1. The lowest BCUT2D eigenvalue weighted by Crippen LogP contribution is -2.43. The number of nitrogens with one attached hydrogen (secondary N) is 3. The highest BCUT2D eigenvalue weighted by Gasteiger charge is 2.26. The van der Waals surface area contributed by atoms with Crippen molar-refractivity contribution in [2.75, 3.05) is 36.4 Å². The molecule has 1 amide bonds. The minimum atomic E-state index is -0.414. The molecule has 3 aromatic rings. The molecule has 0 bridgehead atoms. The van der Waals surface area contributed by atoms with Crippen molar-refractivity contribution in [3.63, 3.8) is 0 Å². The van der Waals surface area contributed by atoms with E-state index in [9.17, 15) is 4.79 Å². The number of hydrogen-bond donors (Lipinski definition) is 3. The van der Waals surface area contributed by atoms with E-state index in [1.165, 1.54) is 0 Å². The van der Waals surface area contributed by atoms with E-state index in [0.29, 0.717) is 5.69 Å². The first-order valence-electron chi connectivity index (χ1n) is 9.45. The summed E-state index contributed by atoms with van der Waals surface area (Å²) in [6.07, 6.45) is 4.60. The number of fused-ring (bicyclic) bond motifs is 1. The van der Waals surface area contributed by atoms with Gasteiger partial charge in [-0.1, -0.05) is 6.07 Å². The molecule has 2 aliphatic heterocycles. The Morgan fingerprint density at radius 3 is 3.07 bits per heavy atom. The lowest BCUT2D eigenvalue weighted by molar-refractivity contribution is -0.116. The van der Waals surface area contributed by atoms with Crippen LogP contribution in [-0.2, 0) is 9.53 Å². The highest BCUT2D eigenvalue weighted by atomic mass is 32.1. The Kier molecular flexibility index (Phi) is 4.74. The second kappa shape index (κ2) is 7.69. The first-order chi connectivity index (χ1) is 14.3. The van der Waals surface area contributed by atoms with Crippen molar-refractivity contribution in [1.82, 2.24) is 20.6 Å². The Morgan fingerprint density at radius 1 is 1.28 bits per heavy atom. The third-order valence-corrected chi connectivity index (χ3v) is 5.81. The van der Waals surface area contributed by atoms with Gasteiger partial charge in [-0.25, -0.2) is 4.98 Å². The number of hydrogen-bond acceptors (Lipinski definition) is 8. The molecule has 5 rings (SSSR count). The van der Waals surface area contributed by atoms with Gasteiger partial charge in [-0.05, 0) is 18.2 Å². The molecule has 2 aromatic heterocycles. The molecule has 0 aliphatic carbocycles. The van der Waals surface area contributed by atoms with Gasteiger partial charge >= 0.3 is 0 Å². The molecule has 1 fully saturated rings. The Balaban J connectivity index is 1.28. The number of carbonyl (C=O) groups excluding carboxylic acids is 1. The zero-order valence-corrected chi connectivity index (χ0v) is 16.4. The zero-order chi connectivity index (χ0) is 19.6. The number of thiazole rings is 1. The number of anilines is 2. The summed E-state index contributed by atoms with van der Waals surface area (Å²) >= 11 is 1.59. The van der Waals surface area contributed by atoms with Gasteiger partial charge in [0.15, 0.2) is 6.23 Å². The van der Waals surface area contributed by atoms with Gasteiger partial charge in [0.1, 0.15) is 0 Å². The average Bonchev–Trinajstić information content (AvgIpc) is 3.44. The van der Waals surface area contributed by atoms with E-state index in [4.69, 9.17) is 4.74 Å². The summed E-state index contributed by atoms with van der Waals surface area (Å²) in [4.78, 5) is 23.5. The van der Waals surface area contributed by atoms with Crippen LogP contribution >= 0.6 is 11.3 Å². The van der Waals surface area contributed by atoms with Crippen molar-refractivity contribution in [2.24, 2.45) is 0 Å². The third kappa shape index (κ3) is 3.62. The molecule has 1 unspecified atom stereocenters. The molecule has 1 aromatic carbocycles. The van der Waals surface area contributed by atoms with E-state index < -0.39 is 6.23 Å². The zero-order valence-electron chi connectivity index (χ0n) is 15.6. The molecule has 0 radical (unpaired) electrons. The van der Waals surface area contributed by atoms with Crippen LogP contribution < -0.4 is 20.9 Å². The standard InChI is InChI=1S/C20H20N6O2S/c27-19(25-15-10-22-4-3-16(15)26-7-5-21-6-8-26)17-11-23-20(28-17)13-1-2-18-14(9-13)24-12-29-18/h1-4,9-12,20-21,23H,5-8H2,(H,25,27). The van der Waals surface area contributed by atoms with Crippen LogP contribution in [-0.4, -0.2) is 42.1 Å². The fraction of sp³-hybridized carbons (Fsp3) is 0.250. The van der Waals surface area contributed by atoms with Gasteiger partial charge in [-0.3, -0.25) is 9.78 Å². The molecule has 9 heteroatoms. The second-order valence-electron chi connectivity index (χ2n) is 6.84. The number of piperazine rings is 1. The summed E-state index contributed by atoms with van der Waals surface area (Å²) in [7, 11) is 0. The second-order valence-corrected chi connectivity index (χ2v) is 7.72. The number of amides is 1. The van der Waals surface area contributed by atoms with E-state index in [2.05, 4.69) is 30.8 Å². The Bertz CT molecular complexity index is 1080. The number of carbonyl (C=O) groups is 1. The summed E-state index contributed by atoms with van der Waals surface area (Å²) < 4.78 is 6.98. The van der Waals surface area contributed by atoms with Crippen molar-refractivity contribution < 1.29 is 9.53 Å². The minimum absolute atomic E-state index is 0.239. The maximum atomic E-state index is 12.8. The van der Waals surface area contributed by atoms with Crippen LogP contribution in [0.1, 0.15) is 11.8 Å². The van der Waals surface area contributed by atoms with Gasteiger partial charge in [-0.15, -0.1) is 11.3 Å². The third-order valence-electron chi connectivity index (χ3n) is 5.00. The summed E-state index contributed by atoms with van der Waals surface area (Å²) in [5.74, 6) is -0.0670. The van der Waals surface area contributed by atoms with Crippen LogP contribution in [0.4, 0.5) is 11.4 Å². The summed E-state index contributed by atoms with van der Waals surface area (Å²) in [5, 5.41) is 9.39. The van der Waals surface area contributed by atoms with Gasteiger partial charge in [0, 0.05) is 44.1 Å². The molecule has 148 valence electrons. The van der Waals surface area contributed by atoms with Crippen LogP contribution in [0.2, 0.25) is 0 Å². The maximum absolute atomic E-state index is 12.8. The first kappa shape index (κ1) is 17.9. The summed E-state index contributed by atoms with van der Waals surface area (Å²) in [6, 6.07) is 7.90. The van der Waals surface area contributed by atoms with Crippen LogP contribution in [0.3, 0.4) is 0 Å². The first-order valence-corrected chi connectivity index (χ1v) is 10.3. The lowest BCUT2D eigenvalue weighted by Gasteiger charge is -2.30. The maximum Gasteiger partial charge on any atom is 0.292 e. The van der Waals surface area contributed by atoms with Crippen molar-refractivity contribution in [3.05, 3.63) is 59.7 Å². The van der Waals surface area contributed by atoms with Gasteiger partial charge in [0.2, 0.25) is 5.76 Å². The van der Waals surface area contributed by atoms with E-state index >= 15 is 0 Å². The number of rotatable bonds is 4. The predicted octanol–water partition coefficient (Wildman–Crippen LogP) is 2.20. The quantitative estimate of drug-likeness (QED) is 0.610. The molecule has 0 saturated carbocycles. The summed E-state index contributed by atoms with van der Waals surface area (Å²) in [5.41, 5.74) is 5.30. The Hall–Kier alpha value is -3.17. The van der Waals surface area contributed by atoms with Crippen molar-refractivity contribution in [1.29, 1.82) is 0 Å². The molecular formula is C20H20N6O2S. The van der Waals surface area contributed by atoms with Gasteiger partial charge in [0.05, 0.1) is 33.3 Å². The molecule has 8 nitrogen and oxygen atoms in total. The Morgan fingerprint density at radius 2 is 2.17 bits per heavy atom. The van der Waals surface area contributed by atoms with Crippen molar-refractivity contribution >= 4 is 38.8 Å². The predicted molar refractivity (Wildman–Crippen MR) is 113 cm³/mol. The fourth-order valence-electron chi connectivity index (χ4n) is 3.52. The molecule has 1 atom stereocenters. The molecule has 1 saturated heterocycles. The Labute approximate surface area is 171 Å². The molecule has 3 N–H and O–H groups in total. The minimum Gasteiger partial charge on any atom is -0.459 e. The van der Waals surface area contributed by atoms with Crippen LogP contribution in [0, 0.1) is 0 Å². The number of nitrogens with zero attached hydrogens (tertiary/aromatic N) is 3. The lowest BCUT2D eigenvalue weighted by atomic mass is 10.2. The summed E-state index contributed by atoms with van der Waals surface area (Å²) in [6.45, 7) is 3.60. The molecule has 29 heavy (non-hydrogen) atoms. The van der Waals surface area contributed by atoms with Crippen LogP contribution in [0.25, 0.3) is 10.2 Å². The van der Waals surface area contributed by atoms with E-state index in [0.717, 1.165) is 47.6 Å². The molecule has 2 aliphatic rings. The van der Waals surface area contributed by atoms with Gasteiger partial charge in [-0.2, -0.15) is 0 Å². The normalized spacial score (nSPS) is 18.8. The molecule has 4 heterocycles. The van der Waals surface area contributed by atoms with E-state index in [1.54, 1.807) is 29.9 Å². The van der Waals surface area contributed by atoms with E-state index in [1.807, 2.05) is 29.8 Å². The van der Waals surface area contributed by atoms with Crippen molar-refractivity contribution in [3.8, 4) is 0 Å². The smallest absolute Gasteiger partial charge is 0.292 e. The number of pyridine rings is 1. The van der Waals surface area contributed by atoms with E-state index in [-0.39, 0.29) is 11.7 Å². The van der Waals surface area contributed by atoms with Crippen LogP contribution in [0.5, 0.6) is 0 Å². The molecular weight excluding hydrogens is 388 g/mol. The number of aromatic nitrogens is 2. The number of benzene rings is 1. The highest BCUT2D eigenvalue weighted by Crippen LogP contribution is 2.29. The monoisotopic (exact) mass is 408 g/mol.